The van der Waals surface area contributed by atoms with Gasteiger partial charge in [0.15, 0.2) is 12.3 Å². The van der Waals surface area contributed by atoms with Gasteiger partial charge in [-0.1, -0.05) is 49.7 Å². The summed E-state index contributed by atoms with van der Waals surface area (Å²) in [5.41, 5.74) is 20.0. The maximum atomic E-state index is 13.2. The van der Waals surface area contributed by atoms with E-state index in [4.69, 9.17) is 27.2 Å². The first-order chi connectivity index (χ1) is 29.3. The largest absolute Gasteiger partial charge is 0.481 e. The van der Waals surface area contributed by atoms with Crippen LogP contribution >= 0.6 is 0 Å². The minimum absolute atomic E-state index is 0.213. The average Bonchev–Trinajstić information content (AvgIpc) is 3.23. The molecule has 0 fully saturated rings. The predicted molar refractivity (Wildman–Crippen MR) is 221 cm³/mol. The van der Waals surface area contributed by atoms with Crippen LogP contribution in [0.5, 0.6) is 0 Å². The maximum absolute atomic E-state index is 13.2. The third-order valence-corrected chi connectivity index (χ3v) is 9.16. The molecule has 2 aromatic carbocycles. The SMILES string of the molecule is CCCCc1ccc(-c2ccc(C(=O)N[C@H](CCO)C(=O)N[C@H](N)C(=O)NCC(=O)N(C)[C@@H](CCC(=O)O)C(=O)N[C@@H](N)C(=O)N[C@@H](CC(N)=O)C(=O)NCB(O)O)cc2)cc1. The standard InChI is InChI=1S/C38H55BN10O13/c1-3-4-5-21-6-8-22(9-7-21)23-10-12-24(13-11-23)33(55)45-25(16-17-50)35(57)47-31(41)37(59)43-19-29(52)49(2)27(14-15-30(53)54)36(58)48-32(42)38(60)46-26(18-28(40)51)34(56)44-20-39(61)62/h6-13,25-27,31-32,50,61-62H,3-5,14-20,41-42H2,1-2H3,(H2,40,51)(H,43,59)(H,44,56)(H,45,55)(H,46,60)(H,47,57)(H,48,58)(H,53,54)/t25-,26+,27+,31+,32-/m1/s1. The monoisotopic (exact) mass is 870 g/mol. The second kappa shape index (κ2) is 26.0. The van der Waals surface area contributed by atoms with Crippen molar-refractivity contribution in [2.24, 2.45) is 17.2 Å². The summed E-state index contributed by atoms with van der Waals surface area (Å²) in [4.78, 5) is 114. The summed E-state index contributed by atoms with van der Waals surface area (Å²) in [5.74, 6) is -9.46. The fraction of sp³-hybridized carbons (Fsp3) is 0.447. The zero-order valence-corrected chi connectivity index (χ0v) is 34.3. The number of unbranched alkanes of at least 4 members (excludes halogenated alkanes) is 1. The van der Waals surface area contributed by atoms with Crippen LogP contribution in [0.4, 0.5) is 0 Å². The molecule has 338 valence electrons. The lowest BCUT2D eigenvalue weighted by Crippen LogP contribution is -2.61. The van der Waals surface area contributed by atoms with Crippen molar-refractivity contribution in [1.29, 1.82) is 0 Å². The molecular weight excluding hydrogens is 815 g/mol. The van der Waals surface area contributed by atoms with E-state index in [1.807, 2.05) is 29.6 Å². The molecule has 0 bridgehead atoms. The van der Waals surface area contributed by atoms with Crippen molar-refractivity contribution >= 4 is 60.3 Å². The quantitative estimate of drug-likeness (QED) is 0.0312. The van der Waals surface area contributed by atoms with E-state index in [0.29, 0.717) is 0 Å². The number of rotatable bonds is 26. The van der Waals surface area contributed by atoms with Crippen LogP contribution in [0, 0.1) is 0 Å². The topological polar surface area (TPSA) is 388 Å². The highest BCUT2D eigenvalue weighted by Crippen LogP contribution is 2.21. The summed E-state index contributed by atoms with van der Waals surface area (Å²) in [6.45, 7) is 0.772. The highest BCUT2D eigenvalue weighted by atomic mass is 16.4. The fourth-order valence-electron chi connectivity index (χ4n) is 5.65. The average molecular weight is 871 g/mol. The molecule has 0 aromatic heterocycles. The number of aryl methyl sites for hydroxylation is 1. The van der Waals surface area contributed by atoms with Gasteiger partial charge >= 0.3 is 13.1 Å². The minimum atomic E-state index is -1.96. The first kappa shape index (κ1) is 51.7. The number of carbonyl (C=O) groups is 9. The van der Waals surface area contributed by atoms with Crippen molar-refractivity contribution in [2.75, 3.05) is 26.6 Å². The molecule has 0 heterocycles. The first-order valence-corrected chi connectivity index (χ1v) is 19.5. The van der Waals surface area contributed by atoms with E-state index in [0.717, 1.165) is 42.3 Å². The molecular formula is C38H55BN10O13. The van der Waals surface area contributed by atoms with Crippen molar-refractivity contribution < 1.29 is 63.4 Å². The van der Waals surface area contributed by atoms with Crippen molar-refractivity contribution in [1.82, 2.24) is 36.8 Å². The van der Waals surface area contributed by atoms with Gasteiger partial charge < -0.3 is 74.3 Å². The Morgan fingerprint density at radius 2 is 1.31 bits per heavy atom. The van der Waals surface area contributed by atoms with Gasteiger partial charge in [0.2, 0.25) is 29.5 Å². The number of aliphatic carboxylic acids is 1. The second-order valence-electron chi connectivity index (χ2n) is 14.0. The number of nitrogens with two attached hydrogens (primary N) is 3. The van der Waals surface area contributed by atoms with Gasteiger partial charge in [0, 0.05) is 25.6 Å². The molecule has 0 aliphatic rings. The molecule has 0 aliphatic heterocycles. The number of carboxylic acids is 1. The number of aliphatic hydroxyl groups is 1. The van der Waals surface area contributed by atoms with Gasteiger partial charge in [-0.15, -0.1) is 0 Å². The number of nitrogens with one attached hydrogen (secondary N) is 6. The van der Waals surface area contributed by atoms with E-state index in [1.54, 1.807) is 24.3 Å². The molecule has 8 amide bonds. The van der Waals surface area contributed by atoms with Crippen LogP contribution in [0.15, 0.2) is 48.5 Å². The number of carboxylic acid groups (broad SMARTS) is 1. The van der Waals surface area contributed by atoms with Gasteiger partial charge in [-0.3, -0.25) is 43.2 Å². The Morgan fingerprint density at radius 1 is 0.726 bits per heavy atom. The number of amides is 8. The summed E-state index contributed by atoms with van der Waals surface area (Å²) in [5, 5.41) is 49.8. The van der Waals surface area contributed by atoms with Gasteiger partial charge in [-0.05, 0) is 54.5 Å². The van der Waals surface area contributed by atoms with Crippen LogP contribution in [0.2, 0.25) is 0 Å². The van der Waals surface area contributed by atoms with Crippen LogP contribution in [0.1, 0.15) is 61.4 Å². The molecule has 0 aliphatic carbocycles. The summed E-state index contributed by atoms with van der Waals surface area (Å²) < 4.78 is 0. The molecule has 24 heteroatoms. The number of hydrogen-bond donors (Lipinski definition) is 13. The van der Waals surface area contributed by atoms with Crippen LogP contribution in [0.25, 0.3) is 11.1 Å². The number of likely N-dealkylation sites (N-methyl/N-ethyl adjacent to an activating group) is 1. The Hall–Kier alpha value is -6.47. The highest BCUT2D eigenvalue weighted by molar-refractivity contribution is 6.41. The lowest BCUT2D eigenvalue weighted by molar-refractivity contribution is -0.143. The van der Waals surface area contributed by atoms with Crippen LogP contribution in [-0.4, -0.2) is 143 Å². The summed E-state index contributed by atoms with van der Waals surface area (Å²) >= 11 is 0. The lowest BCUT2D eigenvalue weighted by Gasteiger charge is -2.29. The minimum Gasteiger partial charge on any atom is -0.481 e. The molecule has 2 rings (SSSR count). The summed E-state index contributed by atoms with van der Waals surface area (Å²) in [7, 11) is -0.882. The van der Waals surface area contributed by atoms with Crippen LogP contribution in [0.3, 0.4) is 0 Å². The number of aliphatic hydroxyl groups excluding tert-OH is 1. The third kappa shape index (κ3) is 17.6. The van der Waals surface area contributed by atoms with E-state index >= 15 is 0 Å². The Labute approximate surface area is 357 Å². The fourth-order valence-corrected chi connectivity index (χ4v) is 5.65. The molecule has 0 saturated carbocycles. The molecule has 23 nitrogen and oxygen atoms in total. The number of benzene rings is 2. The summed E-state index contributed by atoms with van der Waals surface area (Å²) in [6, 6.07) is 10.1. The molecule has 5 atom stereocenters. The normalized spacial score (nSPS) is 13.1. The first-order valence-electron chi connectivity index (χ1n) is 19.5. The molecule has 0 radical (unpaired) electrons. The number of primary amides is 1. The van der Waals surface area contributed by atoms with Gasteiger partial charge in [-0.25, -0.2) is 0 Å². The lowest BCUT2D eigenvalue weighted by atomic mass is 9.92. The van der Waals surface area contributed by atoms with E-state index in [1.165, 1.54) is 5.56 Å². The van der Waals surface area contributed by atoms with E-state index in [2.05, 4.69) is 33.5 Å². The number of carbonyl (C=O) groups excluding carboxylic acids is 8. The summed E-state index contributed by atoms with van der Waals surface area (Å²) in [6.07, 6.45) is -3.38. The Kier molecular flexibility index (Phi) is 21.7. The van der Waals surface area contributed by atoms with Gasteiger partial charge in [-0.2, -0.15) is 0 Å². The Morgan fingerprint density at radius 3 is 1.85 bits per heavy atom. The zero-order chi connectivity index (χ0) is 46.5. The smallest absolute Gasteiger partial charge is 0.472 e. The molecule has 2 aromatic rings. The van der Waals surface area contributed by atoms with Crippen molar-refractivity contribution in [3.63, 3.8) is 0 Å². The van der Waals surface area contributed by atoms with Gasteiger partial charge in [0.25, 0.3) is 17.7 Å². The molecule has 16 N–H and O–H groups in total. The second-order valence-corrected chi connectivity index (χ2v) is 14.0. The number of nitrogens with zero attached hydrogens (tertiary/aromatic N) is 1. The van der Waals surface area contributed by atoms with E-state index in [9.17, 15) is 53.4 Å². The van der Waals surface area contributed by atoms with Crippen molar-refractivity contribution in [3.8, 4) is 11.1 Å². The third-order valence-electron chi connectivity index (χ3n) is 9.16. The van der Waals surface area contributed by atoms with Crippen molar-refractivity contribution in [2.45, 2.75) is 82.3 Å². The number of hydrogen-bond acceptors (Lipinski definition) is 14. The molecule has 62 heavy (non-hydrogen) atoms. The van der Waals surface area contributed by atoms with Crippen molar-refractivity contribution in [3.05, 3.63) is 59.7 Å². The predicted octanol–water partition coefficient (Wildman–Crippen LogP) is -4.72. The van der Waals surface area contributed by atoms with E-state index in [-0.39, 0.29) is 12.0 Å². The molecule has 0 saturated heterocycles. The van der Waals surface area contributed by atoms with E-state index < -0.39 is 130 Å². The molecule has 0 unspecified atom stereocenters. The maximum Gasteiger partial charge on any atom is 0.472 e. The Balaban J connectivity index is 2.01. The zero-order valence-electron chi connectivity index (χ0n) is 34.3. The van der Waals surface area contributed by atoms with Gasteiger partial charge in [0.05, 0.1) is 19.4 Å². The van der Waals surface area contributed by atoms with Crippen LogP contribution < -0.4 is 49.1 Å². The van der Waals surface area contributed by atoms with Crippen LogP contribution in [-0.2, 0) is 44.8 Å². The highest BCUT2D eigenvalue weighted by Gasteiger charge is 2.32. The van der Waals surface area contributed by atoms with Gasteiger partial charge in [0.1, 0.15) is 18.1 Å². The molecule has 0 spiro atoms. The Bertz CT molecular complexity index is 1890.